The summed E-state index contributed by atoms with van der Waals surface area (Å²) in [5.41, 5.74) is -5.80. The number of aliphatic hydroxyl groups excluding tert-OH is 1. The topological polar surface area (TPSA) is 84.9 Å². The Labute approximate surface area is 199 Å². The van der Waals surface area contributed by atoms with E-state index in [9.17, 15) is 14.7 Å². The van der Waals surface area contributed by atoms with Gasteiger partial charge < -0.3 is 19.9 Å². The molecular weight excluding hydrogens is 444 g/mol. The standard InChI is InChI=1S/C26H35F2NO5/c1-5-6-22-33-21-11-15-16-10-18(27)17-9-14(30)7-8-23(17,2)25(16,28)19(31)12-24(15,3)26(21,34-22)20(32)13-29-4/h7-9,15-16,18-19,21-22,29,31H,5-6,10-13H2,1-4H3/t15?,16-,18-,19-,21+,22?,23-,24-,25-,26+/m0/s1. The molecule has 0 aromatic heterocycles. The number of alkyl halides is 2. The van der Waals surface area contributed by atoms with E-state index in [1.54, 1.807) is 14.0 Å². The predicted molar refractivity (Wildman–Crippen MR) is 120 cm³/mol. The summed E-state index contributed by atoms with van der Waals surface area (Å²) in [7, 11) is 1.68. The summed E-state index contributed by atoms with van der Waals surface area (Å²) in [5.74, 6) is -1.84. The summed E-state index contributed by atoms with van der Waals surface area (Å²) in [6.07, 6.45) is 1.41. The Morgan fingerprint density at radius 2 is 2.03 bits per heavy atom. The molecule has 1 aliphatic heterocycles. The van der Waals surface area contributed by atoms with Crippen LogP contribution in [0.2, 0.25) is 0 Å². The van der Waals surface area contributed by atoms with Gasteiger partial charge in [-0.25, -0.2) is 8.78 Å². The maximum Gasteiger partial charge on any atom is 0.181 e. The molecule has 4 fully saturated rings. The lowest BCUT2D eigenvalue weighted by molar-refractivity contribution is -0.233. The van der Waals surface area contributed by atoms with Gasteiger partial charge in [0.15, 0.2) is 29.1 Å². The minimum Gasteiger partial charge on any atom is -0.390 e. The molecule has 1 heterocycles. The van der Waals surface area contributed by atoms with Crippen molar-refractivity contribution in [2.24, 2.45) is 22.7 Å². The molecule has 34 heavy (non-hydrogen) atoms. The van der Waals surface area contributed by atoms with Crippen molar-refractivity contribution < 1.29 is 33.0 Å². The van der Waals surface area contributed by atoms with Gasteiger partial charge in [0.1, 0.15) is 6.17 Å². The van der Waals surface area contributed by atoms with E-state index in [0.717, 1.165) is 6.42 Å². The third-order valence-electron chi connectivity index (χ3n) is 9.70. The van der Waals surface area contributed by atoms with E-state index < -0.39 is 58.6 Å². The van der Waals surface area contributed by atoms with Gasteiger partial charge in [0.05, 0.1) is 18.8 Å². The monoisotopic (exact) mass is 479 g/mol. The average molecular weight is 480 g/mol. The number of rotatable bonds is 5. The van der Waals surface area contributed by atoms with Crippen molar-refractivity contribution in [2.75, 3.05) is 13.6 Å². The Morgan fingerprint density at radius 1 is 1.29 bits per heavy atom. The molecule has 5 rings (SSSR count). The highest BCUT2D eigenvalue weighted by Gasteiger charge is 2.79. The maximum absolute atomic E-state index is 17.3. The Hall–Kier alpha value is -1.48. The molecular formula is C26H35F2NO5. The number of ketones is 2. The zero-order valence-corrected chi connectivity index (χ0v) is 20.3. The van der Waals surface area contributed by atoms with Gasteiger partial charge in [0.25, 0.3) is 0 Å². The van der Waals surface area contributed by atoms with Gasteiger partial charge in [-0.3, -0.25) is 9.59 Å². The molecule has 188 valence electrons. The summed E-state index contributed by atoms with van der Waals surface area (Å²) in [4.78, 5) is 25.6. The van der Waals surface area contributed by atoms with Crippen LogP contribution in [0.25, 0.3) is 0 Å². The summed E-state index contributed by atoms with van der Waals surface area (Å²) < 4.78 is 45.5. The van der Waals surface area contributed by atoms with Crippen molar-refractivity contribution in [2.45, 2.75) is 88.8 Å². The molecule has 0 radical (unpaired) electrons. The van der Waals surface area contributed by atoms with Gasteiger partial charge in [-0.1, -0.05) is 26.3 Å². The minimum atomic E-state index is -2.18. The molecule has 6 nitrogen and oxygen atoms in total. The molecule has 0 amide bonds. The number of aliphatic hydroxyl groups is 1. The Kier molecular flexibility index (Phi) is 5.53. The minimum absolute atomic E-state index is 0.0135. The Bertz CT molecular complexity index is 969. The van der Waals surface area contributed by atoms with Crippen molar-refractivity contribution in [1.29, 1.82) is 0 Å². The first-order chi connectivity index (χ1) is 16.0. The maximum atomic E-state index is 17.3. The van der Waals surface area contributed by atoms with E-state index in [4.69, 9.17) is 9.47 Å². The second-order valence-corrected chi connectivity index (χ2v) is 11.2. The average Bonchev–Trinajstić information content (AvgIpc) is 3.25. The van der Waals surface area contributed by atoms with Gasteiger partial charge in [0.2, 0.25) is 0 Å². The number of fused-ring (bicyclic) bond motifs is 7. The summed E-state index contributed by atoms with van der Waals surface area (Å²) in [6.45, 7) is 5.53. The number of nitrogens with one attached hydrogen (secondary N) is 1. The first-order valence-corrected chi connectivity index (χ1v) is 12.5. The van der Waals surface area contributed by atoms with Crippen LogP contribution in [0.1, 0.15) is 52.9 Å². The third kappa shape index (κ3) is 2.74. The highest BCUT2D eigenvalue weighted by Crippen LogP contribution is 2.72. The van der Waals surface area contributed by atoms with Crippen LogP contribution < -0.4 is 5.32 Å². The summed E-state index contributed by atoms with van der Waals surface area (Å²) >= 11 is 0. The molecule has 10 atom stereocenters. The van der Waals surface area contributed by atoms with Crippen LogP contribution in [0.5, 0.6) is 0 Å². The van der Waals surface area contributed by atoms with Crippen molar-refractivity contribution >= 4 is 11.6 Å². The number of halogens is 2. The van der Waals surface area contributed by atoms with E-state index in [-0.39, 0.29) is 36.5 Å². The molecule has 3 saturated carbocycles. The lowest BCUT2D eigenvalue weighted by Gasteiger charge is -2.63. The molecule has 5 aliphatic rings. The first-order valence-electron chi connectivity index (χ1n) is 12.5. The van der Waals surface area contributed by atoms with Crippen molar-refractivity contribution in [3.8, 4) is 0 Å². The normalized spacial score (nSPS) is 51.4. The van der Waals surface area contributed by atoms with Gasteiger partial charge in [0, 0.05) is 16.7 Å². The molecule has 1 saturated heterocycles. The lowest BCUT2D eigenvalue weighted by atomic mass is 9.44. The van der Waals surface area contributed by atoms with E-state index in [2.05, 4.69) is 5.32 Å². The fourth-order valence-electron chi connectivity index (χ4n) is 8.18. The van der Waals surface area contributed by atoms with Gasteiger partial charge in [-0.05, 0) is 63.3 Å². The van der Waals surface area contributed by atoms with E-state index in [1.807, 2.05) is 13.8 Å². The molecule has 0 aromatic rings. The zero-order chi connectivity index (χ0) is 24.7. The smallest absolute Gasteiger partial charge is 0.181 e. The van der Waals surface area contributed by atoms with Crippen molar-refractivity contribution in [1.82, 2.24) is 5.32 Å². The Balaban J connectivity index is 1.61. The number of carbonyl (C=O) groups excluding carboxylic acids is 2. The number of hydrogen-bond donors (Lipinski definition) is 2. The van der Waals surface area contributed by atoms with Crippen LogP contribution in [0.15, 0.2) is 23.8 Å². The molecule has 4 aliphatic carbocycles. The third-order valence-corrected chi connectivity index (χ3v) is 9.70. The SMILES string of the molecule is CCCC1O[C@@H]2CC3[C@@H]4C[C@H](F)C5=CC(=O)C=C[C@]5(C)[C@@]4(F)[C@@H](O)C[C@]3(C)[C@]2(C(=O)CNC)O1. The van der Waals surface area contributed by atoms with Crippen LogP contribution in [0.4, 0.5) is 8.78 Å². The van der Waals surface area contributed by atoms with E-state index in [0.29, 0.717) is 12.8 Å². The quantitative estimate of drug-likeness (QED) is 0.631. The number of carbonyl (C=O) groups is 2. The van der Waals surface area contributed by atoms with Gasteiger partial charge in [-0.15, -0.1) is 0 Å². The van der Waals surface area contributed by atoms with Crippen LogP contribution in [0.3, 0.4) is 0 Å². The van der Waals surface area contributed by atoms with E-state index in [1.165, 1.54) is 18.2 Å². The van der Waals surface area contributed by atoms with Crippen LogP contribution >= 0.6 is 0 Å². The molecule has 0 bridgehead atoms. The zero-order valence-electron chi connectivity index (χ0n) is 20.3. The number of hydrogen-bond acceptors (Lipinski definition) is 6. The number of allylic oxidation sites excluding steroid dienone is 4. The van der Waals surface area contributed by atoms with E-state index >= 15 is 8.78 Å². The molecule has 0 aromatic carbocycles. The fourth-order valence-corrected chi connectivity index (χ4v) is 8.18. The highest BCUT2D eigenvalue weighted by atomic mass is 19.1. The van der Waals surface area contributed by atoms with Crippen molar-refractivity contribution in [3.05, 3.63) is 23.8 Å². The molecule has 2 unspecified atom stereocenters. The fraction of sp³-hybridized carbons (Fsp3) is 0.769. The summed E-state index contributed by atoms with van der Waals surface area (Å²) in [6, 6.07) is 0. The number of Topliss-reactive ketones (excluding diaryl/α,β-unsaturated/α-hetero) is 1. The highest BCUT2D eigenvalue weighted by molar-refractivity contribution is 6.01. The first kappa shape index (κ1) is 24.2. The molecule has 2 N–H and O–H groups in total. The second kappa shape index (κ2) is 7.76. The number of ether oxygens (including phenoxy) is 2. The second-order valence-electron chi connectivity index (χ2n) is 11.2. The largest absolute Gasteiger partial charge is 0.390 e. The molecule has 8 heteroatoms. The van der Waals surface area contributed by atoms with Crippen molar-refractivity contribution in [3.63, 3.8) is 0 Å². The van der Waals surface area contributed by atoms with Gasteiger partial charge >= 0.3 is 0 Å². The van der Waals surface area contributed by atoms with Crippen LogP contribution in [0, 0.1) is 22.7 Å². The lowest BCUT2D eigenvalue weighted by Crippen LogP contribution is -2.71. The Morgan fingerprint density at radius 3 is 2.71 bits per heavy atom. The van der Waals surface area contributed by atoms with Gasteiger partial charge in [-0.2, -0.15) is 0 Å². The molecule has 0 spiro atoms. The predicted octanol–water partition coefficient (Wildman–Crippen LogP) is 2.98. The number of likely N-dealkylation sites (N-methyl/N-ethyl adjacent to an activating group) is 1. The van der Waals surface area contributed by atoms with Crippen LogP contribution in [-0.4, -0.2) is 66.2 Å². The summed E-state index contributed by atoms with van der Waals surface area (Å²) in [5, 5.41) is 14.4. The van der Waals surface area contributed by atoms with Crippen LogP contribution in [-0.2, 0) is 19.1 Å².